The van der Waals surface area contributed by atoms with Crippen molar-refractivity contribution < 1.29 is 18.5 Å². The van der Waals surface area contributed by atoms with Gasteiger partial charge in [0.2, 0.25) is 5.56 Å². The molecule has 0 atom stereocenters. The standard InChI is InChI=1S/C7H3ClF2N2O4/c8-6(14)2-1-3(13)11-4(7(9)10)5(2)12(15)16/h1,7H,(H,11,13). The SMILES string of the molecule is O=C(Cl)c1cc(=O)[nH]c(C(F)F)c1[N+](=O)[O-]. The van der Waals surface area contributed by atoms with Gasteiger partial charge in [-0.25, -0.2) is 8.78 Å². The van der Waals surface area contributed by atoms with E-state index >= 15 is 0 Å². The van der Waals surface area contributed by atoms with Crippen LogP contribution in [0.15, 0.2) is 10.9 Å². The third kappa shape index (κ3) is 2.22. The minimum Gasteiger partial charge on any atom is -0.315 e. The van der Waals surface area contributed by atoms with Crippen molar-refractivity contribution in [3.05, 3.63) is 37.8 Å². The Morgan fingerprint density at radius 2 is 2.12 bits per heavy atom. The lowest BCUT2D eigenvalue weighted by atomic mass is 10.2. The molecule has 0 radical (unpaired) electrons. The van der Waals surface area contributed by atoms with Gasteiger partial charge in [-0.2, -0.15) is 0 Å². The summed E-state index contributed by atoms with van der Waals surface area (Å²) in [6.07, 6.45) is -3.29. The maximum atomic E-state index is 12.4. The lowest BCUT2D eigenvalue weighted by Gasteiger charge is -2.03. The van der Waals surface area contributed by atoms with E-state index in [0.717, 1.165) is 0 Å². The van der Waals surface area contributed by atoms with Gasteiger partial charge in [0, 0.05) is 6.07 Å². The van der Waals surface area contributed by atoms with Crippen molar-refractivity contribution in [2.45, 2.75) is 6.43 Å². The number of H-pyrrole nitrogens is 1. The van der Waals surface area contributed by atoms with Gasteiger partial charge in [-0.05, 0) is 11.6 Å². The number of alkyl halides is 2. The molecule has 0 unspecified atom stereocenters. The molecule has 0 amide bonds. The highest BCUT2D eigenvalue weighted by atomic mass is 35.5. The van der Waals surface area contributed by atoms with Crippen molar-refractivity contribution in [2.24, 2.45) is 0 Å². The van der Waals surface area contributed by atoms with E-state index in [1.165, 1.54) is 0 Å². The van der Waals surface area contributed by atoms with Crippen molar-refractivity contribution in [1.29, 1.82) is 0 Å². The van der Waals surface area contributed by atoms with Gasteiger partial charge in [-0.1, -0.05) is 0 Å². The van der Waals surface area contributed by atoms with Crippen LogP contribution in [0.3, 0.4) is 0 Å². The van der Waals surface area contributed by atoms with E-state index < -0.39 is 39.1 Å². The number of aromatic nitrogens is 1. The van der Waals surface area contributed by atoms with Crippen molar-refractivity contribution in [3.8, 4) is 0 Å². The fraction of sp³-hybridized carbons (Fsp3) is 0.143. The van der Waals surface area contributed by atoms with Crippen LogP contribution in [0.25, 0.3) is 0 Å². The molecule has 1 aromatic rings. The highest BCUT2D eigenvalue weighted by Crippen LogP contribution is 2.29. The fourth-order valence-corrected chi connectivity index (χ4v) is 1.22. The van der Waals surface area contributed by atoms with Crippen LogP contribution in [0, 0.1) is 10.1 Å². The van der Waals surface area contributed by atoms with Gasteiger partial charge in [0.25, 0.3) is 11.7 Å². The Hall–Kier alpha value is -1.83. The Morgan fingerprint density at radius 3 is 2.50 bits per heavy atom. The summed E-state index contributed by atoms with van der Waals surface area (Å²) in [5.74, 6) is 0. The Morgan fingerprint density at radius 1 is 1.56 bits per heavy atom. The summed E-state index contributed by atoms with van der Waals surface area (Å²) >= 11 is 4.96. The van der Waals surface area contributed by atoms with E-state index in [0.29, 0.717) is 6.07 Å². The van der Waals surface area contributed by atoms with Crippen molar-refractivity contribution in [1.82, 2.24) is 4.98 Å². The lowest BCUT2D eigenvalue weighted by Crippen LogP contribution is -2.15. The molecular formula is C7H3ClF2N2O4. The van der Waals surface area contributed by atoms with Crippen LogP contribution in [-0.2, 0) is 0 Å². The molecule has 0 fully saturated rings. The molecule has 16 heavy (non-hydrogen) atoms. The van der Waals surface area contributed by atoms with Gasteiger partial charge in [-0.3, -0.25) is 19.7 Å². The van der Waals surface area contributed by atoms with Gasteiger partial charge in [0.1, 0.15) is 5.56 Å². The van der Waals surface area contributed by atoms with Gasteiger partial charge in [0.05, 0.1) is 4.92 Å². The zero-order valence-electron chi connectivity index (χ0n) is 7.37. The first-order chi connectivity index (χ1) is 7.34. The van der Waals surface area contributed by atoms with E-state index in [2.05, 4.69) is 0 Å². The van der Waals surface area contributed by atoms with Crippen molar-refractivity contribution in [2.75, 3.05) is 0 Å². The number of nitro groups is 1. The number of hydrogen-bond acceptors (Lipinski definition) is 4. The number of rotatable bonds is 3. The fourth-order valence-electron chi connectivity index (χ4n) is 1.08. The largest absolute Gasteiger partial charge is 0.315 e. The molecule has 86 valence electrons. The summed E-state index contributed by atoms with van der Waals surface area (Å²) in [6, 6.07) is 0.499. The van der Waals surface area contributed by atoms with Crippen LogP contribution in [0.5, 0.6) is 0 Å². The molecule has 0 spiro atoms. The number of carbonyl (C=O) groups is 1. The van der Waals surface area contributed by atoms with Crippen LogP contribution in [-0.4, -0.2) is 15.1 Å². The van der Waals surface area contributed by atoms with Crippen LogP contribution < -0.4 is 5.56 Å². The van der Waals surface area contributed by atoms with E-state index in [4.69, 9.17) is 11.6 Å². The smallest absolute Gasteiger partial charge is 0.306 e. The third-order valence-corrected chi connectivity index (χ3v) is 1.86. The Bertz CT molecular complexity index is 514. The first kappa shape index (κ1) is 12.2. The van der Waals surface area contributed by atoms with Gasteiger partial charge < -0.3 is 4.98 Å². The summed E-state index contributed by atoms with van der Waals surface area (Å²) in [6.45, 7) is 0. The molecule has 0 aliphatic rings. The van der Waals surface area contributed by atoms with Gasteiger partial charge >= 0.3 is 5.69 Å². The molecule has 0 aromatic carbocycles. The molecule has 0 saturated heterocycles. The van der Waals surface area contributed by atoms with E-state index in [1.54, 1.807) is 4.98 Å². The summed E-state index contributed by atoms with van der Waals surface area (Å²) in [4.78, 5) is 32.5. The Labute approximate surface area is 91.0 Å². The van der Waals surface area contributed by atoms with Gasteiger partial charge in [0.15, 0.2) is 5.69 Å². The Kier molecular flexibility index (Phi) is 3.33. The zero-order chi connectivity index (χ0) is 12.5. The minimum atomic E-state index is -3.29. The second-order valence-corrected chi connectivity index (χ2v) is 2.98. The predicted octanol–water partition coefficient (Wildman–Crippen LogP) is 1.60. The van der Waals surface area contributed by atoms with Crippen LogP contribution in [0.2, 0.25) is 0 Å². The molecule has 0 aliphatic carbocycles. The van der Waals surface area contributed by atoms with E-state index in [9.17, 15) is 28.5 Å². The lowest BCUT2D eigenvalue weighted by molar-refractivity contribution is -0.386. The number of nitrogens with one attached hydrogen (secondary N) is 1. The normalized spacial score (nSPS) is 10.5. The second kappa shape index (κ2) is 4.35. The monoisotopic (exact) mass is 252 g/mol. The Balaban J connectivity index is 3.67. The average molecular weight is 253 g/mol. The number of halogens is 3. The zero-order valence-corrected chi connectivity index (χ0v) is 8.12. The summed E-state index contributed by atoms with van der Waals surface area (Å²) in [5, 5.41) is 9.15. The molecular weight excluding hydrogens is 250 g/mol. The average Bonchev–Trinajstić information content (AvgIpc) is 2.15. The van der Waals surface area contributed by atoms with E-state index in [-0.39, 0.29) is 0 Å². The van der Waals surface area contributed by atoms with Crippen LogP contribution in [0.4, 0.5) is 14.5 Å². The third-order valence-electron chi connectivity index (χ3n) is 1.66. The maximum Gasteiger partial charge on any atom is 0.306 e. The molecule has 1 rings (SSSR count). The molecule has 6 nitrogen and oxygen atoms in total. The molecule has 0 aliphatic heterocycles. The second-order valence-electron chi connectivity index (χ2n) is 2.64. The quantitative estimate of drug-likeness (QED) is 0.502. The number of nitrogens with zero attached hydrogens (tertiary/aromatic N) is 1. The highest BCUT2D eigenvalue weighted by Gasteiger charge is 2.29. The minimum absolute atomic E-state index is 0.499. The van der Waals surface area contributed by atoms with Crippen molar-refractivity contribution >= 4 is 22.5 Å². The molecule has 1 N–H and O–H groups in total. The number of carbonyl (C=O) groups excluding carboxylic acids is 1. The summed E-state index contributed by atoms with van der Waals surface area (Å²) < 4.78 is 24.8. The van der Waals surface area contributed by atoms with E-state index in [1.807, 2.05) is 0 Å². The number of pyridine rings is 1. The molecule has 1 aromatic heterocycles. The van der Waals surface area contributed by atoms with Crippen LogP contribution in [0.1, 0.15) is 22.5 Å². The van der Waals surface area contributed by atoms with Gasteiger partial charge in [-0.15, -0.1) is 0 Å². The molecule has 0 bridgehead atoms. The van der Waals surface area contributed by atoms with Crippen LogP contribution >= 0.6 is 11.6 Å². The number of aromatic amines is 1. The highest BCUT2D eigenvalue weighted by molar-refractivity contribution is 6.68. The predicted molar refractivity (Wildman–Crippen MR) is 48.9 cm³/mol. The first-order valence-electron chi connectivity index (χ1n) is 3.74. The molecule has 9 heteroatoms. The maximum absolute atomic E-state index is 12.4. The number of hydrogen-bond donors (Lipinski definition) is 1. The summed E-state index contributed by atoms with van der Waals surface area (Å²) in [5.41, 5.74) is -4.34. The molecule has 0 saturated carbocycles. The summed E-state index contributed by atoms with van der Waals surface area (Å²) in [7, 11) is 0. The first-order valence-corrected chi connectivity index (χ1v) is 4.12. The molecule has 1 heterocycles. The van der Waals surface area contributed by atoms with Crippen molar-refractivity contribution in [3.63, 3.8) is 0 Å². The topological polar surface area (TPSA) is 93.1 Å².